The van der Waals surface area contributed by atoms with E-state index in [9.17, 15) is 9.59 Å². The first-order valence-corrected chi connectivity index (χ1v) is 12.1. The molecular formula is C28H32N4O4. The molecule has 0 bridgehead atoms. The van der Waals surface area contributed by atoms with Gasteiger partial charge < -0.3 is 14.9 Å². The fourth-order valence-electron chi connectivity index (χ4n) is 3.62. The fourth-order valence-corrected chi connectivity index (χ4v) is 3.62. The molecule has 0 spiro atoms. The van der Waals surface area contributed by atoms with Gasteiger partial charge in [-0.1, -0.05) is 38.0 Å². The van der Waals surface area contributed by atoms with Crippen LogP contribution < -0.4 is 10.5 Å². The fraction of sp³-hybridized carbons (Fsp3) is 0.321. The van der Waals surface area contributed by atoms with Gasteiger partial charge in [0.1, 0.15) is 5.78 Å². The number of fused-ring (bicyclic) bond motifs is 1. The molecule has 188 valence electrons. The molecule has 2 N–H and O–H groups in total. The number of unbranched alkanes of at least 4 members (excludes halogenated alkanes) is 3. The molecule has 8 nitrogen and oxygen atoms in total. The number of carbonyl (C=O) groups excluding carboxylic acids is 2. The van der Waals surface area contributed by atoms with Crippen molar-refractivity contribution in [1.82, 2.24) is 15.0 Å². The van der Waals surface area contributed by atoms with E-state index < -0.39 is 5.91 Å². The number of pyridine rings is 2. The van der Waals surface area contributed by atoms with Gasteiger partial charge in [0.2, 0.25) is 11.8 Å². The number of rotatable bonds is 11. The van der Waals surface area contributed by atoms with E-state index in [1.54, 1.807) is 31.6 Å². The van der Waals surface area contributed by atoms with Crippen molar-refractivity contribution in [1.29, 1.82) is 0 Å². The van der Waals surface area contributed by atoms with Crippen LogP contribution in [0.2, 0.25) is 0 Å². The molecule has 36 heavy (non-hydrogen) atoms. The average molecular weight is 489 g/mol. The highest BCUT2D eigenvalue weighted by Gasteiger charge is 2.14. The van der Waals surface area contributed by atoms with E-state index in [2.05, 4.69) is 15.0 Å². The van der Waals surface area contributed by atoms with Crippen molar-refractivity contribution in [3.8, 4) is 17.2 Å². The second-order valence-corrected chi connectivity index (χ2v) is 8.27. The van der Waals surface area contributed by atoms with Gasteiger partial charge in [-0.05, 0) is 37.1 Å². The molecule has 4 aromatic rings. The predicted molar refractivity (Wildman–Crippen MR) is 139 cm³/mol. The van der Waals surface area contributed by atoms with Gasteiger partial charge in [0.25, 0.3) is 0 Å². The first kappa shape index (κ1) is 26.5. The van der Waals surface area contributed by atoms with Crippen LogP contribution in [0, 0.1) is 0 Å². The maximum atomic E-state index is 11.3. The van der Waals surface area contributed by atoms with Crippen LogP contribution in [0.3, 0.4) is 0 Å². The molecule has 1 amide bonds. The Morgan fingerprint density at radius 3 is 2.53 bits per heavy atom. The Balaban J connectivity index is 0.000000338. The molecule has 0 aliphatic rings. The highest BCUT2D eigenvalue weighted by atomic mass is 16.5. The Hall–Kier alpha value is -4.07. The number of ketones is 1. The van der Waals surface area contributed by atoms with E-state index in [-0.39, 0.29) is 0 Å². The summed E-state index contributed by atoms with van der Waals surface area (Å²) in [5.74, 6) is 1.85. The van der Waals surface area contributed by atoms with Gasteiger partial charge in [-0.3, -0.25) is 14.6 Å². The number of aromatic nitrogens is 3. The number of hydrogen-bond donors (Lipinski definition) is 1. The number of Topliss-reactive ketones (excluding diaryl/α,β-unsaturated/α-hetero) is 1. The summed E-state index contributed by atoms with van der Waals surface area (Å²) in [7, 11) is 1.61. The van der Waals surface area contributed by atoms with Gasteiger partial charge in [0, 0.05) is 37.0 Å². The lowest BCUT2D eigenvalue weighted by molar-refractivity contribution is -0.118. The molecule has 0 aliphatic heterocycles. The summed E-state index contributed by atoms with van der Waals surface area (Å²) in [6.45, 7) is 1.92. The monoisotopic (exact) mass is 488 g/mol. The van der Waals surface area contributed by atoms with Crippen LogP contribution in [-0.4, -0.2) is 33.8 Å². The molecule has 0 radical (unpaired) electrons. The summed E-state index contributed by atoms with van der Waals surface area (Å²) in [6.07, 6.45) is 11.0. The Morgan fingerprint density at radius 1 is 1.03 bits per heavy atom. The van der Waals surface area contributed by atoms with Crippen LogP contribution in [0.4, 0.5) is 0 Å². The molecule has 1 aromatic carbocycles. The zero-order chi connectivity index (χ0) is 25.8. The number of hydrogen-bond acceptors (Lipinski definition) is 7. The quantitative estimate of drug-likeness (QED) is 0.275. The van der Waals surface area contributed by atoms with Crippen LogP contribution in [0.5, 0.6) is 5.88 Å². The zero-order valence-corrected chi connectivity index (χ0v) is 20.8. The number of nitrogens with zero attached hydrogens (tertiary/aromatic N) is 3. The molecular weight excluding hydrogens is 456 g/mol. The van der Waals surface area contributed by atoms with Crippen LogP contribution in [0.25, 0.3) is 22.2 Å². The molecule has 4 rings (SSSR count). The molecule has 3 heterocycles. The lowest BCUT2D eigenvalue weighted by Gasteiger charge is -2.07. The van der Waals surface area contributed by atoms with Crippen LogP contribution in [-0.2, 0) is 11.2 Å². The smallest absolute Gasteiger partial charge is 0.250 e. The van der Waals surface area contributed by atoms with E-state index in [4.69, 9.17) is 14.9 Å². The van der Waals surface area contributed by atoms with Crippen molar-refractivity contribution in [3.63, 3.8) is 0 Å². The molecule has 0 atom stereocenters. The number of oxazole rings is 1. The summed E-state index contributed by atoms with van der Waals surface area (Å²) in [6, 6.07) is 13.2. The third-order valence-electron chi connectivity index (χ3n) is 5.64. The maximum absolute atomic E-state index is 11.3. The number of aryl methyl sites for hydroxylation is 1. The van der Waals surface area contributed by atoms with E-state index in [1.165, 1.54) is 6.20 Å². The third kappa shape index (κ3) is 7.73. The average Bonchev–Trinajstić information content (AvgIpc) is 3.39. The highest BCUT2D eigenvalue weighted by molar-refractivity contribution is 5.92. The predicted octanol–water partition coefficient (Wildman–Crippen LogP) is 5.55. The van der Waals surface area contributed by atoms with Gasteiger partial charge in [-0.25, -0.2) is 9.97 Å². The Labute approximate surface area is 210 Å². The summed E-state index contributed by atoms with van der Waals surface area (Å²) in [4.78, 5) is 34.3. The van der Waals surface area contributed by atoms with Gasteiger partial charge in [0.05, 0.1) is 30.0 Å². The normalized spacial score (nSPS) is 10.5. The molecule has 3 aromatic heterocycles. The largest absolute Gasteiger partial charge is 0.480 e. The first-order chi connectivity index (χ1) is 17.5. The number of amides is 1. The van der Waals surface area contributed by atoms with Crippen LogP contribution >= 0.6 is 0 Å². The number of carbonyl (C=O) groups is 2. The standard InChI is InChI=1S/C22H26N2O3.C6H6N2O/c1-3-17(25)11-6-4-5-7-13-21-23-15-20(27-21)18-14-16-10-8-9-12-19(16)24-22(18)26-2;7-6(9)5-2-1-3-8-4-5/h8-10,12,14-15H,3-7,11,13H2,1-2H3;1-4H,(H2,7,9). The van der Waals surface area contributed by atoms with E-state index >= 15 is 0 Å². The Kier molecular flexibility index (Phi) is 10.1. The minimum absolute atomic E-state index is 0.352. The summed E-state index contributed by atoms with van der Waals surface area (Å²) in [5, 5.41) is 1.04. The lowest BCUT2D eigenvalue weighted by atomic mass is 10.1. The lowest BCUT2D eigenvalue weighted by Crippen LogP contribution is -2.10. The molecule has 0 saturated heterocycles. The number of methoxy groups -OCH3 is 1. The number of benzene rings is 1. The molecule has 8 heteroatoms. The van der Waals surface area contributed by atoms with Crippen LogP contribution in [0.1, 0.15) is 61.7 Å². The summed E-state index contributed by atoms with van der Waals surface area (Å²) < 4.78 is 11.4. The second-order valence-electron chi connectivity index (χ2n) is 8.27. The molecule has 0 fully saturated rings. The minimum atomic E-state index is -0.442. The SMILES string of the molecule is CCC(=O)CCCCCCc1ncc(-c2cc3ccccc3nc2OC)o1.NC(=O)c1cccnc1. The second kappa shape index (κ2) is 13.7. The number of ether oxygens (including phenoxy) is 1. The molecule has 0 unspecified atom stereocenters. The van der Waals surface area contributed by atoms with Crippen molar-refractivity contribution in [2.75, 3.05) is 7.11 Å². The number of primary amides is 1. The molecule has 0 saturated carbocycles. The van der Waals surface area contributed by atoms with Crippen molar-refractivity contribution in [2.45, 2.75) is 51.9 Å². The van der Waals surface area contributed by atoms with Gasteiger partial charge in [-0.2, -0.15) is 0 Å². The number of para-hydroxylation sites is 1. The van der Waals surface area contributed by atoms with Gasteiger partial charge >= 0.3 is 0 Å². The highest BCUT2D eigenvalue weighted by Crippen LogP contribution is 2.32. The number of nitrogens with two attached hydrogens (primary N) is 1. The Bertz CT molecular complexity index is 1270. The van der Waals surface area contributed by atoms with E-state index in [0.717, 1.165) is 54.5 Å². The zero-order valence-electron chi connectivity index (χ0n) is 20.8. The van der Waals surface area contributed by atoms with Crippen molar-refractivity contribution in [2.24, 2.45) is 5.73 Å². The van der Waals surface area contributed by atoms with Crippen molar-refractivity contribution in [3.05, 3.63) is 72.5 Å². The van der Waals surface area contributed by atoms with E-state index in [1.807, 2.05) is 37.3 Å². The van der Waals surface area contributed by atoms with Crippen LogP contribution in [0.15, 0.2) is 65.5 Å². The van der Waals surface area contributed by atoms with Gasteiger partial charge in [0.15, 0.2) is 11.7 Å². The summed E-state index contributed by atoms with van der Waals surface area (Å²) in [5.41, 5.74) is 7.08. The van der Waals surface area contributed by atoms with E-state index in [0.29, 0.717) is 35.8 Å². The first-order valence-electron chi connectivity index (χ1n) is 12.1. The topological polar surface area (TPSA) is 121 Å². The maximum Gasteiger partial charge on any atom is 0.250 e. The molecule has 0 aliphatic carbocycles. The minimum Gasteiger partial charge on any atom is -0.480 e. The third-order valence-corrected chi connectivity index (χ3v) is 5.64. The van der Waals surface area contributed by atoms with Gasteiger partial charge in [-0.15, -0.1) is 0 Å². The summed E-state index contributed by atoms with van der Waals surface area (Å²) >= 11 is 0. The van der Waals surface area contributed by atoms with Crippen molar-refractivity contribution < 1.29 is 18.7 Å². The van der Waals surface area contributed by atoms with Crippen molar-refractivity contribution >= 4 is 22.6 Å². The Morgan fingerprint density at radius 2 is 1.83 bits per heavy atom.